The second kappa shape index (κ2) is 6.02. The van der Waals surface area contributed by atoms with E-state index in [9.17, 15) is 4.79 Å². The first-order valence-corrected chi connectivity index (χ1v) is 7.42. The Labute approximate surface area is 110 Å². The molecule has 0 aromatic heterocycles. The number of nitrogens with zero attached hydrogens (tertiary/aromatic N) is 1. The molecule has 2 heterocycles. The Morgan fingerprint density at radius 2 is 2.11 bits per heavy atom. The molecular weight excluding hydrogens is 226 g/mol. The predicted molar refractivity (Wildman–Crippen MR) is 73.5 cm³/mol. The average Bonchev–Trinajstić information content (AvgIpc) is 2.93. The molecule has 4 heteroatoms. The highest BCUT2D eigenvalue weighted by Gasteiger charge is 2.38. The first-order valence-electron chi connectivity index (χ1n) is 7.42. The third-order valence-corrected chi connectivity index (χ3v) is 4.46. The van der Waals surface area contributed by atoms with E-state index >= 15 is 0 Å². The normalized spacial score (nSPS) is 31.1. The van der Waals surface area contributed by atoms with Crippen molar-refractivity contribution in [3.05, 3.63) is 0 Å². The maximum Gasteiger partial charge on any atom is 0.237 e. The van der Waals surface area contributed by atoms with Crippen LogP contribution in [0.15, 0.2) is 0 Å². The Kier molecular flexibility index (Phi) is 4.62. The molecule has 2 aliphatic heterocycles. The molecule has 0 saturated carbocycles. The van der Waals surface area contributed by atoms with Crippen LogP contribution >= 0.6 is 0 Å². The van der Waals surface area contributed by atoms with Crippen molar-refractivity contribution in [3.8, 4) is 0 Å². The van der Waals surface area contributed by atoms with E-state index in [2.05, 4.69) is 29.4 Å². The van der Waals surface area contributed by atoms with Crippen molar-refractivity contribution >= 4 is 5.91 Å². The van der Waals surface area contributed by atoms with Crippen LogP contribution in [0.1, 0.15) is 46.5 Å². The van der Waals surface area contributed by atoms with Gasteiger partial charge in [0, 0.05) is 24.7 Å². The van der Waals surface area contributed by atoms with Gasteiger partial charge in [-0.1, -0.05) is 6.92 Å². The molecular formula is C14H27N3O. The summed E-state index contributed by atoms with van der Waals surface area (Å²) in [7, 11) is 0. The first-order chi connectivity index (χ1) is 8.61. The van der Waals surface area contributed by atoms with E-state index in [-0.39, 0.29) is 18.0 Å². The molecule has 4 atom stereocenters. The van der Waals surface area contributed by atoms with Crippen LogP contribution in [0.2, 0.25) is 0 Å². The highest BCUT2D eigenvalue weighted by molar-refractivity contribution is 5.81. The van der Waals surface area contributed by atoms with Gasteiger partial charge >= 0.3 is 0 Å². The Bertz CT molecular complexity index is 295. The van der Waals surface area contributed by atoms with Crippen LogP contribution in [-0.2, 0) is 4.79 Å². The number of carbonyl (C=O) groups is 1. The Morgan fingerprint density at radius 1 is 1.33 bits per heavy atom. The maximum absolute atomic E-state index is 12.0. The summed E-state index contributed by atoms with van der Waals surface area (Å²) < 4.78 is 0. The number of fused-ring (bicyclic) bond motifs is 1. The lowest BCUT2D eigenvalue weighted by Crippen LogP contribution is -2.51. The Morgan fingerprint density at radius 3 is 2.83 bits per heavy atom. The summed E-state index contributed by atoms with van der Waals surface area (Å²) in [5.41, 5.74) is 0. The fourth-order valence-electron chi connectivity index (χ4n) is 3.14. The molecule has 4 nitrogen and oxygen atoms in total. The topological polar surface area (TPSA) is 44.4 Å². The molecule has 2 N–H and O–H groups in total. The third-order valence-electron chi connectivity index (χ3n) is 4.46. The molecule has 2 saturated heterocycles. The van der Waals surface area contributed by atoms with Crippen LogP contribution in [0.3, 0.4) is 0 Å². The zero-order valence-electron chi connectivity index (χ0n) is 11.9. The van der Waals surface area contributed by atoms with Crippen molar-refractivity contribution in [3.63, 3.8) is 0 Å². The summed E-state index contributed by atoms with van der Waals surface area (Å²) in [6.07, 6.45) is 4.78. The molecule has 0 spiro atoms. The molecule has 0 bridgehead atoms. The number of carbonyl (C=O) groups excluding carboxylic acids is 1. The van der Waals surface area contributed by atoms with Gasteiger partial charge < -0.3 is 10.6 Å². The summed E-state index contributed by atoms with van der Waals surface area (Å²) >= 11 is 0. The molecule has 0 radical (unpaired) electrons. The lowest BCUT2D eigenvalue weighted by Gasteiger charge is -2.25. The van der Waals surface area contributed by atoms with Gasteiger partial charge in [0.1, 0.15) is 0 Å². The summed E-state index contributed by atoms with van der Waals surface area (Å²) in [5.74, 6) is 0.140. The summed E-state index contributed by atoms with van der Waals surface area (Å²) in [5, 5.41) is 6.57. The predicted octanol–water partition coefficient (Wildman–Crippen LogP) is 1.12. The minimum Gasteiger partial charge on any atom is -0.352 e. The van der Waals surface area contributed by atoms with Crippen molar-refractivity contribution in [2.24, 2.45) is 0 Å². The van der Waals surface area contributed by atoms with Crippen molar-refractivity contribution < 1.29 is 4.79 Å². The highest BCUT2D eigenvalue weighted by Crippen LogP contribution is 2.28. The van der Waals surface area contributed by atoms with Crippen molar-refractivity contribution in [1.29, 1.82) is 0 Å². The van der Waals surface area contributed by atoms with E-state index in [1.165, 1.54) is 32.4 Å². The standard InChI is InChI=1S/C14H27N3O/c1-4-10(2)15-14(18)11(3)16-12-7-9-17-8-5-6-13(12)17/h10-13,16H,4-9H2,1-3H3,(H,15,18). The highest BCUT2D eigenvalue weighted by atomic mass is 16.2. The molecule has 0 aromatic carbocycles. The third kappa shape index (κ3) is 3.04. The van der Waals surface area contributed by atoms with E-state index in [4.69, 9.17) is 0 Å². The van der Waals surface area contributed by atoms with E-state index in [1.807, 2.05) is 6.92 Å². The molecule has 104 valence electrons. The fraction of sp³-hybridized carbons (Fsp3) is 0.929. The summed E-state index contributed by atoms with van der Waals surface area (Å²) in [6.45, 7) is 8.57. The average molecular weight is 253 g/mol. The molecule has 2 fully saturated rings. The maximum atomic E-state index is 12.0. The van der Waals surface area contributed by atoms with Gasteiger partial charge in [0.2, 0.25) is 5.91 Å². The largest absolute Gasteiger partial charge is 0.352 e. The van der Waals surface area contributed by atoms with Crippen LogP contribution in [0.25, 0.3) is 0 Å². The molecule has 0 aliphatic carbocycles. The van der Waals surface area contributed by atoms with E-state index in [0.29, 0.717) is 12.1 Å². The smallest absolute Gasteiger partial charge is 0.237 e. The molecule has 0 aromatic rings. The van der Waals surface area contributed by atoms with Gasteiger partial charge in [-0.15, -0.1) is 0 Å². The zero-order chi connectivity index (χ0) is 13.1. The van der Waals surface area contributed by atoms with Crippen molar-refractivity contribution in [2.45, 2.75) is 70.6 Å². The molecule has 2 rings (SSSR count). The second-order valence-corrected chi connectivity index (χ2v) is 5.85. The molecule has 4 unspecified atom stereocenters. The fourth-order valence-corrected chi connectivity index (χ4v) is 3.14. The van der Waals surface area contributed by atoms with Crippen LogP contribution < -0.4 is 10.6 Å². The van der Waals surface area contributed by atoms with E-state index in [1.54, 1.807) is 0 Å². The van der Waals surface area contributed by atoms with Crippen LogP contribution in [-0.4, -0.2) is 48.1 Å². The number of amides is 1. The van der Waals surface area contributed by atoms with Crippen LogP contribution in [0, 0.1) is 0 Å². The Balaban J connectivity index is 1.80. The van der Waals surface area contributed by atoms with Gasteiger partial charge in [0.15, 0.2) is 0 Å². The summed E-state index contributed by atoms with van der Waals surface area (Å²) in [6, 6.07) is 1.37. The van der Waals surface area contributed by atoms with Gasteiger partial charge in [-0.05, 0) is 46.1 Å². The second-order valence-electron chi connectivity index (χ2n) is 5.85. The first kappa shape index (κ1) is 13.8. The van der Waals surface area contributed by atoms with Crippen LogP contribution in [0.4, 0.5) is 0 Å². The lowest BCUT2D eigenvalue weighted by molar-refractivity contribution is -0.123. The van der Waals surface area contributed by atoms with Gasteiger partial charge in [0.25, 0.3) is 0 Å². The minimum atomic E-state index is -0.0791. The number of hydrogen-bond acceptors (Lipinski definition) is 3. The molecule has 18 heavy (non-hydrogen) atoms. The van der Waals surface area contributed by atoms with E-state index in [0.717, 1.165) is 6.42 Å². The molecule has 1 amide bonds. The number of rotatable bonds is 5. The molecule has 2 aliphatic rings. The Hall–Kier alpha value is -0.610. The van der Waals surface area contributed by atoms with Gasteiger partial charge in [-0.25, -0.2) is 0 Å². The minimum absolute atomic E-state index is 0.0791. The lowest BCUT2D eigenvalue weighted by atomic mass is 10.1. The van der Waals surface area contributed by atoms with Crippen molar-refractivity contribution in [2.75, 3.05) is 13.1 Å². The van der Waals surface area contributed by atoms with E-state index < -0.39 is 0 Å². The van der Waals surface area contributed by atoms with Crippen LogP contribution in [0.5, 0.6) is 0 Å². The van der Waals surface area contributed by atoms with Gasteiger partial charge in [-0.2, -0.15) is 0 Å². The quantitative estimate of drug-likeness (QED) is 0.771. The SMILES string of the molecule is CCC(C)NC(=O)C(C)NC1CCN2CCCC12. The summed E-state index contributed by atoms with van der Waals surface area (Å²) in [4.78, 5) is 14.6. The van der Waals surface area contributed by atoms with Crippen molar-refractivity contribution in [1.82, 2.24) is 15.5 Å². The monoisotopic (exact) mass is 253 g/mol. The number of nitrogens with one attached hydrogen (secondary N) is 2. The number of hydrogen-bond donors (Lipinski definition) is 2. The zero-order valence-corrected chi connectivity index (χ0v) is 11.9. The van der Waals surface area contributed by atoms with Gasteiger partial charge in [0.05, 0.1) is 6.04 Å². The van der Waals surface area contributed by atoms with Gasteiger partial charge in [-0.3, -0.25) is 9.69 Å².